The van der Waals surface area contributed by atoms with Gasteiger partial charge in [0.25, 0.3) is 0 Å². The lowest BCUT2D eigenvalue weighted by Crippen LogP contribution is -2.44. The van der Waals surface area contributed by atoms with Crippen molar-refractivity contribution in [2.45, 2.75) is 45.7 Å². The second kappa shape index (κ2) is 6.56. The highest BCUT2D eigenvalue weighted by molar-refractivity contribution is 5.79. The van der Waals surface area contributed by atoms with Crippen molar-refractivity contribution in [3.8, 4) is 0 Å². The molecule has 6 heteroatoms. The Kier molecular flexibility index (Phi) is 4.53. The molecule has 1 aromatic rings. The summed E-state index contributed by atoms with van der Waals surface area (Å²) in [5.74, 6) is 1.55. The first-order chi connectivity index (χ1) is 10.3. The summed E-state index contributed by atoms with van der Waals surface area (Å²) in [4.78, 5) is 21.3. The summed E-state index contributed by atoms with van der Waals surface area (Å²) in [5.41, 5.74) is 0. The Morgan fingerprint density at radius 2 is 2.10 bits per heavy atom. The average Bonchev–Trinajstić information content (AvgIpc) is 3.18. The van der Waals surface area contributed by atoms with Gasteiger partial charge in [0, 0.05) is 26.2 Å². The molecule has 0 N–H and O–H groups in total. The van der Waals surface area contributed by atoms with E-state index in [0.29, 0.717) is 5.91 Å². The summed E-state index contributed by atoms with van der Waals surface area (Å²) in [5, 5.41) is 4.22. The fourth-order valence-electron chi connectivity index (χ4n) is 3.47. The summed E-state index contributed by atoms with van der Waals surface area (Å²) in [7, 11) is 0. The van der Waals surface area contributed by atoms with Gasteiger partial charge in [-0.3, -0.25) is 9.69 Å². The molecule has 2 fully saturated rings. The molecule has 0 aliphatic carbocycles. The highest BCUT2D eigenvalue weighted by atomic mass is 16.2. The fourth-order valence-corrected chi connectivity index (χ4v) is 3.47. The van der Waals surface area contributed by atoms with Gasteiger partial charge in [0.1, 0.15) is 12.2 Å². The summed E-state index contributed by atoms with van der Waals surface area (Å²) >= 11 is 0. The maximum absolute atomic E-state index is 12.5. The van der Waals surface area contributed by atoms with Crippen molar-refractivity contribution in [1.82, 2.24) is 24.6 Å². The van der Waals surface area contributed by atoms with Crippen molar-refractivity contribution in [2.24, 2.45) is 5.92 Å². The predicted octanol–water partition coefficient (Wildman–Crippen LogP) is 1.13. The van der Waals surface area contributed by atoms with Crippen molar-refractivity contribution in [2.75, 3.05) is 26.2 Å². The first-order valence-corrected chi connectivity index (χ1v) is 8.15. The first kappa shape index (κ1) is 14.5. The SMILES string of the molecule is CCn1ncnc1CN1CCC[C@@H](C(=O)N2CCCC2)C1. The van der Waals surface area contributed by atoms with E-state index in [-0.39, 0.29) is 5.92 Å². The van der Waals surface area contributed by atoms with Crippen LogP contribution in [0.3, 0.4) is 0 Å². The van der Waals surface area contributed by atoms with Gasteiger partial charge in [0.15, 0.2) is 0 Å². The lowest BCUT2D eigenvalue weighted by atomic mass is 9.96. The molecule has 116 valence electrons. The number of aromatic nitrogens is 3. The number of nitrogens with zero attached hydrogens (tertiary/aromatic N) is 5. The number of rotatable bonds is 4. The molecule has 0 aromatic carbocycles. The zero-order valence-corrected chi connectivity index (χ0v) is 12.9. The van der Waals surface area contributed by atoms with Crippen LogP contribution in [0.15, 0.2) is 6.33 Å². The Morgan fingerprint density at radius 1 is 1.29 bits per heavy atom. The molecular weight excluding hydrogens is 266 g/mol. The molecule has 0 radical (unpaired) electrons. The molecule has 0 unspecified atom stereocenters. The molecule has 0 saturated carbocycles. The summed E-state index contributed by atoms with van der Waals surface area (Å²) < 4.78 is 1.94. The number of piperidine rings is 1. The zero-order valence-electron chi connectivity index (χ0n) is 12.9. The minimum absolute atomic E-state index is 0.176. The van der Waals surface area contributed by atoms with Gasteiger partial charge in [-0.25, -0.2) is 9.67 Å². The van der Waals surface area contributed by atoms with Crippen LogP contribution in [-0.4, -0.2) is 56.7 Å². The normalized spacial score (nSPS) is 23.7. The molecule has 2 aliphatic rings. The highest BCUT2D eigenvalue weighted by Crippen LogP contribution is 2.22. The van der Waals surface area contributed by atoms with Crippen molar-refractivity contribution < 1.29 is 4.79 Å². The molecule has 3 rings (SSSR count). The zero-order chi connectivity index (χ0) is 14.7. The number of aryl methyl sites for hydroxylation is 1. The maximum Gasteiger partial charge on any atom is 0.226 e. The van der Waals surface area contributed by atoms with E-state index in [4.69, 9.17) is 0 Å². The topological polar surface area (TPSA) is 54.3 Å². The Hall–Kier alpha value is -1.43. The van der Waals surface area contributed by atoms with Gasteiger partial charge >= 0.3 is 0 Å². The van der Waals surface area contributed by atoms with E-state index >= 15 is 0 Å². The number of hydrogen-bond acceptors (Lipinski definition) is 4. The van der Waals surface area contributed by atoms with Crippen LogP contribution in [0.5, 0.6) is 0 Å². The molecule has 6 nitrogen and oxygen atoms in total. The van der Waals surface area contributed by atoms with Crippen LogP contribution in [0.2, 0.25) is 0 Å². The summed E-state index contributed by atoms with van der Waals surface area (Å²) in [6, 6.07) is 0. The van der Waals surface area contributed by atoms with E-state index in [1.165, 1.54) is 12.8 Å². The van der Waals surface area contributed by atoms with E-state index in [1.807, 2.05) is 4.68 Å². The van der Waals surface area contributed by atoms with Crippen LogP contribution < -0.4 is 0 Å². The van der Waals surface area contributed by atoms with Gasteiger partial charge in [-0.1, -0.05) is 0 Å². The van der Waals surface area contributed by atoms with E-state index in [0.717, 1.165) is 57.9 Å². The number of carbonyl (C=O) groups excluding carboxylic acids is 1. The molecule has 21 heavy (non-hydrogen) atoms. The van der Waals surface area contributed by atoms with Crippen molar-refractivity contribution in [3.63, 3.8) is 0 Å². The minimum Gasteiger partial charge on any atom is -0.342 e. The Labute approximate surface area is 126 Å². The van der Waals surface area contributed by atoms with Crippen LogP contribution in [-0.2, 0) is 17.9 Å². The molecule has 1 atom stereocenters. The van der Waals surface area contributed by atoms with E-state index < -0.39 is 0 Å². The number of hydrogen-bond donors (Lipinski definition) is 0. The van der Waals surface area contributed by atoms with Gasteiger partial charge in [0.2, 0.25) is 5.91 Å². The number of carbonyl (C=O) groups is 1. The van der Waals surface area contributed by atoms with E-state index in [1.54, 1.807) is 6.33 Å². The third kappa shape index (κ3) is 3.26. The van der Waals surface area contributed by atoms with Crippen molar-refractivity contribution >= 4 is 5.91 Å². The van der Waals surface area contributed by atoms with Crippen LogP contribution in [0, 0.1) is 5.92 Å². The molecular formula is C15H25N5O. The van der Waals surface area contributed by atoms with Gasteiger partial charge < -0.3 is 4.90 Å². The van der Waals surface area contributed by atoms with Gasteiger partial charge in [-0.05, 0) is 39.2 Å². The van der Waals surface area contributed by atoms with Gasteiger partial charge in [-0.2, -0.15) is 5.10 Å². The predicted molar refractivity (Wildman–Crippen MR) is 79.5 cm³/mol. The second-order valence-electron chi connectivity index (χ2n) is 6.10. The van der Waals surface area contributed by atoms with Crippen LogP contribution in [0.1, 0.15) is 38.4 Å². The van der Waals surface area contributed by atoms with Crippen molar-refractivity contribution in [1.29, 1.82) is 0 Å². The minimum atomic E-state index is 0.176. The third-order valence-electron chi connectivity index (χ3n) is 4.63. The lowest BCUT2D eigenvalue weighted by molar-refractivity contribution is -0.136. The van der Waals surface area contributed by atoms with Crippen molar-refractivity contribution in [3.05, 3.63) is 12.2 Å². The molecule has 2 aliphatic heterocycles. The summed E-state index contributed by atoms with van der Waals surface area (Å²) in [6.45, 7) is 7.57. The third-order valence-corrected chi connectivity index (χ3v) is 4.63. The lowest BCUT2D eigenvalue weighted by Gasteiger charge is -2.33. The van der Waals surface area contributed by atoms with E-state index in [2.05, 4.69) is 26.8 Å². The maximum atomic E-state index is 12.5. The van der Waals surface area contributed by atoms with Crippen LogP contribution in [0.4, 0.5) is 0 Å². The fraction of sp³-hybridized carbons (Fsp3) is 0.800. The smallest absolute Gasteiger partial charge is 0.226 e. The van der Waals surface area contributed by atoms with Crippen LogP contribution in [0.25, 0.3) is 0 Å². The van der Waals surface area contributed by atoms with Gasteiger partial charge in [0.05, 0.1) is 12.5 Å². The quantitative estimate of drug-likeness (QED) is 0.834. The molecule has 3 heterocycles. The molecule has 1 amide bonds. The van der Waals surface area contributed by atoms with Crippen LogP contribution >= 0.6 is 0 Å². The Morgan fingerprint density at radius 3 is 2.86 bits per heavy atom. The first-order valence-electron chi connectivity index (χ1n) is 8.15. The highest BCUT2D eigenvalue weighted by Gasteiger charge is 2.30. The number of likely N-dealkylation sites (tertiary alicyclic amines) is 2. The molecule has 1 aromatic heterocycles. The number of amides is 1. The summed E-state index contributed by atoms with van der Waals surface area (Å²) in [6.07, 6.45) is 6.09. The van der Waals surface area contributed by atoms with Gasteiger partial charge in [-0.15, -0.1) is 0 Å². The Balaban J connectivity index is 1.59. The Bertz CT molecular complexity index is 480. The molecule has 0 bridgehead atoms. The average molecular weight is 291 g/mol. The second-order valence-corrected chi connectivity index (χ2v) is 6.10. The monoisotopic (exact) mass is 291 g/mol. The molecule has 0 spiro atoms. The largest absolute Gasteiger partial charge is 0.342 e. The molecule has 2 saturated heterocycles. The standard InChI is InChI=1S/C15H25N5O/c1-2-20-14(16-12-17-20)11-18-7-5-6-13(10-18)15(21)19-8-3-4-9-19/h12-13H,2-11H2,1H3/t13-/m1/s1. The van der Waals surface area contributed by atoms with E-state index in [9.17, 15) is 4.79 Å².